The monoisotopic (exact) mass is 394 g/mol. The van der Waals surface area contributed by atoms with Gasteiger partial charge in [-0.15, -0.1) is 6.58 Å². The number of piperidine rings is 1. The fourth-order valence-electron chi connectivity index (χ4n) is 4.38. The molecule has 2 aliphatic rings. The van der Waals surface area contributed by atoms with Gasteiger partial charge in [0.05, 0.1) is 12.4 Å². The average molecular weight is 395 g/mol. The van der Waals surface area contributed by atoms with E-state index >= 15 is 0 Å². The van der Waals surface area contributed by atoms with Crippen LogP contribution in [0.2, 0.25) is 0 Å². The molecule has 0 bridgehead atoms. The van der Waals surface area contributed by atoms with E-state index in [1.807, 2.05) is 0 Å². The van der Waals surface area contributed by atoms with E-state index < -0.39 is 0 Å². The Bertz CT molecular complexity index is 800. The Hall–Kier alpha value is -2.20. The first kappa shape index (κ1) is 21.5. The van der Waals surface area contributed by atoms with E-state index in [4.69, 9.17) is 0 Å². The lowest BCUT2D eigenvalue weighted by Crippen LogP contribution is -2.45. The summed E-state index contributed by atoms with van der Waals surface area (Å²) in [6, 6.07) is 9.19. The molecule has 1 aromatic carbocycles. The summed E-state index contributed by atoms with van der Waals surface area (Å²) in [7, 11) is 2.18. The zero-order chi connectivity index (χ0) is 20.6. The number of H-pyrrole nitrogens is 1. The lowest BCUT2D eigenvalue weighted by molar-refractivity contribution is 0.233. The van der Waals surface area contributed by atoms with Gasteiger partial charge in [-0.05, 0) is 75.7 Å². The summed E-state index contributed by atoms with van der Waals surface area (Å²) in [5.74, 6) is 1.77. The van der Waals surface area contributed by atoms with Crippen molar-refractivity contribution in [2.75, 3.05) is 20.1 Å². The van der Waals surface area contributed by atoms with Crippen molar-refractivity contribution in [2.45, 2.75) is 58.0 Å². The fraction of sp³-hybridized carbons (Fsp3) is 0.520. The minimum atomic E-state index is 0.504. The normalized spacial score (nSPS) is 20.1. The van der Waals surface area contributed by atoms with Gasteiger partial charge in [-0.2, -0.15) is 0 Å². The van der Waals surface area contributed by atoms with Crippen molar-refractivity contribution in [3.05, 3.63) is 60.6 Å². The molecule has 4 rings (SSSR count). The Labute approximate surface area is 176 Å². The predicted octanol–water partition coefficient (Wildman–Crippen LogP) is 5.08. The third-order valence-electron chi connectivity index (χ3n) is 6.06. The topological polar surface area (TPSA) is 43.1 Å². The Morgan fingerprint density at radius 1 is 1.21 bits per heavy atom. The molecule has 2 fully saturated rings. The number of aromatic amines is 1. The van der Waals surface area contributed by atoms with Gasteiger partial charge < -0.3 is 20.5 Å². The Balaban J connectivity index is 0.000000290. The van der Waals surface area contributed by atoms with E-state index in [1.54, 1.807) is 0 Å². The number of aryl methyl sites for hydroxylation is 1. The van der Waals surface area contributed by atoms with Gasteiger partial charge in [0.1, 0.15) is 0 Å². The molecule has 1 saturated carbocycles. The number of hydrogen-bond acceptors (Lipinski definition) is 3. The number of likely N-dealkylation sites (N-methyl/N-ethyl adjacent to an activating group) is 1. The molecule has 4 heteroatoms. The molecule has 1 aliphatic carbocycles. The summed E-state index contributed by atoms with van der Waals surface area (Å²) >= 11 is 0. The van der Waals surface area contributed by atoms with Crippen LogP contribution in [0.5, 0.6) is 0 Å². The Morgan fingerprint density at radius 3 is 2.69 bits per heavy atom. The zero-order valence-electron chi connectivity index (χ0n) is 18.3. The highest BCUT2D eigenvalue weighted by Crippen LogP contribution is 2.24. The SMILES string of the molecule is C=C(NCc1cc2cc(C)ccc2[nH]1)NC1CCCN(C)C1.C=CC1CCCC1. The number of allylic oxidation sites excluding steroid dienone is 1. The van der Waals surface area contributed by atoms with Gasteiger partial charge in [0.15, 0.2) is 0 Å². The first-order valence-electron chi connectivity index (χ1n) is 11.1. The Morgan fingerprint density at radius 2 is 2.00 bits per heavy atom. The second-order valence-electron chi connectivity index (χ2n) is 8.74. The van der Waals surface area contributed by atoms with Crippen LogP contribution in [0.15, 0.2) is 49.3 Å². The third kappa shape index (κ3) is 6.67. The standard InChI is InChI=1S/C18H26N4.C7H12/c1-13-6-7-18-15(9-13)10-17(21-18)11-19-14(2)20-16-5-4-8-22(3)12-16;1-2-7-5-3-4-6-7/h6-7,9-10,16,19-21H,2,4-5,8,11-12H2,1,3H3;2,7H,1,3-6H2. The number of aromatic nitrogens is 1. The van der Waals surface area contributed by atoms with Gasteiger partial charge in [-0.1, -0.05) is 37.1 Å². The highest BCUT2D eigenvalue weighted by atomic mass is 15.2. The number of likely N-dealkylation sites (tertiary alicyclic amines) is 1. The number of fused-ring (bicyclic) bond motifs is 1. The first-order chi connectivity index (χ1) is 14.0. The molecule has 0 amide bonds. The fourth-order valence-corrected chi connectivity index (χ4v) is 4.38. The van der Waals surface area contributed by atoms with Crippen molar-refractivity contribution in [1.29, 1.82) is 0 Å². The van der Waals surface area contributed by atoms with E-state index in [0.717, 1.165) is 24.8 Å². The molecule has 158 valence electrons. The van der Waals surface area contributed by atoms with Crippen LogP contribution in [0, 0.1) is 12.8 Å². The summed E-state index contributed by atoms with van der Waals surface area (Å²) < 4.78 is 0. The molecule has 2 heterocycles. The highest BCUT2D eigenvalue weighted by molar-refractivity contribution is 5.81. The lowest BCUT2D eigenvalue weighted by Gasteiger charge is -2.31. The van der Waals surface area contributed by atoms with Crippen molar-refractivity contribution < 1.29 is 0 Å². The third-order valence-corrected chi connectivity index (χ3v) is 6.06. The smallest absolute Gasteiger partial charge is 0.0918 e. The van der Waals surface area contributed by atoms with Crippen LogP contribution in [0.25, 0.3) is 10.9 Å². The van der Waals surface area contributed by atoms with Crippen LogP contribution in [-0.4, -0.2) is 36.1 Å². The molecule has 1 aliphatic heterocycles. The number of nitrogens with zero attached hydrogens (tertiary/aromatic N) is 1. The quantitative estimate of drug-likeness (QED) is 0.598. The number of hydrogen-bond donors (Lipinski definition) is 3. The minimum absolute atomic E-state index is 0.504. The maximum absolute atomic E-state index is 4.10. The summed E-state index contributed by atoms with van der Waals surface area (Å²) in [5, 5.41) is 8.15. The van der Waals surface area contributed by atoms with Crippen LogP contribution in [0.4, 0.5) is 0 Å². The lowest BCUT2D eigenvalue weighted by atomic mass is 10.1. The van der Waals surface area contributed by atoms with Gasteiger partial charge in [0.2, 0.25) is 0 Å². The van der Waals surface area contributed by atoms with Gasteiger partial charge in [0.25, 0.3) is 0 Å². The van der Waals surface area contributed by atoms with Gasteiger partial charge in [-0.3, -0.25) is 0 Å². The van der Waals surface area contributed by atoms with Crippen LogP contribution in [-0.2, 0) is 6.54 Å². The van der Waals surface area contributed by atoms with E-state index in [2.05, 4.69) is 78.0 Å². The second-order valence-corrected chi connectivity index (χ2v) is 8.74. The van der Waals surface area contributed by atoms with Crippen molar-refractivity contribution in [3.8, 4) is 0 Å². The maximum Gasteiger partial charge on any atom is 0.0918 e. The molecular formula is C25H38N4. The van der Waals surface area contributed by atoms with E-state index in [0.29, 0.717) is 6.04 Å². The van der Waals surface area contributed by atoms with Gasteiger partial charge in [-0.25, -0.2) is 0 Å². The second kappa shape index (κ2) is 10.5. The van der Waals surface area contributed by atoms with Crippen LogP contribution in [0.3, 0.4) is 0 Å². The predicted molar refractivity (Wildman–Crippen MR) is 125 cm³/mol. The largest absolute Gasteiger partial charge is 0.368 e. The molecule has 29 heavy (non-hydrogen) atoms. The summed E-state index contributed by atoms with van der Waals surface area (Å²) in [4.78, 5) is 5.82. The van der Waals surface area contributed by atoms with Crippen molar-refractivity contribution >= 4 is 10.9 Å². The van der Waals surface area contributed by atoms with Crippen molar-refractivity contribution in [3.63, 3.8) is 0 Å². The molecule has 2 aromatic rings. The van der Waals surface area contributed by atoms with Crippen LogP contribution >= 0.6 is 0 Å². The van der Waals surface area contributed by atoms with Gasteiger partial charge >= 0.3 is 0 Å². The summed E-state index contributed by atoms with van der Waals surface area (Å²) in [6.45, 7) is 13.0. The average Bonchev–Trinajstić information content (AvgIpc) is 3.36. The molecule has 0 spiro atoms. The highest BCUT2D eigenvalue weighted by Gasteiger charge is 2.16. The summed E-state index contributed by atoms with van der Waals surface area (Å²) in [5.41, 5.74) is 3.66. The van der Waals surface area contributed by atoms with Crippen LogP contribution in [0.1, 0.15) is 49.8 Å². The Kier molecular flexibility index (Phi) is 7.82. The molecule has 1 atom stereocenters. The summed E-state index contributed by atoms with van der Waals surface area (Å²) in [6.07, 6.45) is 10.2. The number of rotatable bonds is 6. The maximum atomic E-state index is 4.10. The van der Waals surface area contributed by atoms with Gasteiger partial charge in [0, 0.05) is 23.8 Å². The van der Waals surface area contributed by atoms with Crippen molar-refractivity contribution in [1.82, 2.24) is 20.5 Å². The molecule has 1 aromatic heterocycles. The van der Waals surface area contributed by atoms with E-state index in [1.165, 1.54) is 67.2 Å². The molecule has 4 nitrogen and oxygen atoms in total. The first-order valence-corrected chi connectivity index (χ1v) is 11.1. The molecule has 3 N–H and O–H groups in total. The number of nitrogens with one attached hydrogen (secondary N) is 3. The van der Waals surface area contributed by atoms with Crippen LogP contribution < -0.4 is 10.6 Å². The minimum Gasteiger partial charge on any atom is -0.368 e. The van der Waals surface area contributed by atoms with E-state index in [-0.39, 0.29) is 0 Å². The zero-order valence-corrected chi connectivity index (χ0v) is 18.3. The number of benzene rings is 1. The van der Waals surface area contributed by atoms with Crippen molar-refractivity contribution in [2.24, 2.45) is 5.92 Å². The molecule has 1 saturated heterocycles. The molecular weight excluding hydrogens is 356 g/mol. The molecule has 1 unspecified atom stereocenters. The molecule has 0 radical (unpaired) electrons. The van der Waals surface area contributed by atoms with E-state index in [9.17, 15) is 0 Å².